The van der Waals surface area contributed by atoms with E-state index in [9.17, 15) is 4.79 Å². The van der Waals surface area contributed by atoms with Crippen LogP contribution in [0.1, 0.15) is 40.1 Å². The Labute approximate surface area is 167 Å². The van der Waals surface area contributed by atoms with Crippen LogP contribution >= 0.6 is 15.9 Å². The Morgan fingerprint density at radius 3 is 2.74 bits per heavy atom. The van der Waals surface area contributed by atoms with Crippen LogP contribution in [0, 0.1) is 6.92 Å². The van der Waals surface area contributed by atoms with Crippen molar-refractivity contribution in [3.63, 3.8) is 0 Å². The molecule has 0 aliphatic carbocycles. The first-order valence-corrected chi connectivity index (χ1v) is 9.50. The third kappa shape index (κ3) is 4.57. The fourth-order valence-corrected chi connectivity index (χ4v) is 3.22. The van der Waals surface area contributed by atoms with Crippen LogP contribution in [0.5, 0.6) is 5.75 Å². The summed E-state index contributed by atoms with van der Waals surface area (Å²) in [5.41, 5.74) is 3.60. The second kappa shape index (κ2) is 8.39. The lowest BCUT2D eigenvalue weighted by molar-refractivity contribution is 0.0939. The summed E-state index contributed by atoms with van der Waals surface area (Å²) >= 11 is 3.47. The van der Waals surface area contributed by atoms with Crippen LogP contribution < -0.4 is 10.1 Å². The molecule has 3 rings (SSSR count). The first-order chi connectivity index (χ1) is 13.0. The molecule has 1 unspecified atom stereocenters. The molecule has 0 fully saturated rings. The lowest BCUT2D eigenvalue weighted by Gasteiger charge is -2.14. The molecule has 0 aliphatic rings. The minimum Gasteiger partial charge on any atom is -0.488 e. The Kier molecular flexibility index (Phi) is 5.96. The second-order valence-corrected chi connectivity index (χ2v) is 7.28. The van der Waals surface area contributed by atoms with Gasteiger partial charge in [0.2, 0.25) is 0 Å². The third-order valence-electron chi connectivity index (χ3n) is 4.51. The molecule has 0 bridgehead atoms. The van der Waals surface area contributed by atoms with Crippen LogP contribution in [0.25, 0.3) is 0 Å². The summed E-state index contributed by atoms with van der Waals surface area (Å²) in [6.45, 7) is 4.34. The van der Waals surface area contributed by atoms with Crippen LogP contribution in [-0.2, 0) is 13.7 Å². The Balaban J connectivity index is 1.66. The van der Waals surface area contributed by atoms with E-state index >= 15 is 0 Å². The number of carbonyl (C=O) groups excluding carboxylic acids is 1. The van der Waals surface area contributed by atoms with E-state index in [0.717, 1.165) is 27.0 Å². The number of benzene rings is 2. The zero-order valence-electron chi connectivity index (χ0n) is 15.6. The van der Waals surface area contributed by atoms with E-state index in [0.29, 0.717) is 12.2 Å². The van der Waals surface area contributed by atoms with Gasteiger partial charge in [0.15, 0.2) is 0 Å². The average Bonchev–Trinajstić information content (AvgIpc) is 3.00. The van der Waals surface area contributed by atoms with Crippen molar-refractivity contribution in [1.29, 1.82) is 0 Å². The molecular weight excluding hydrogens is 406 g/mol. The van der Waals surface area contributed by atoms with Gasteiger partial charge in [0.25, 0.3) is 5.91 Å². The average molecular weight is 428 g/mol. The van der Waals surface area contributed by atoms with Gasteiger partial charge in [-0.1, -0.05) is 24.3 Å². The first kappa shape index (κ1) is 19.2. The van der Waals surface area contributed by atoms with Gasteiger partial charge in [0.05, 0.1) is 16.7 Å². The molecule has 1 heterocycles. The number of para-hydroxylation sites is 1. The van der Waals surface area contributed by atoms with Crippen molar-refractivity contribution in [1.82, 2.24) is 15.1 Å². The smallest absolute Gasteiger partial charge is 0.251 e. The summed E-state index contributed by atoms with van der Waals surface area (Å²) in [6, 6.07) is 15.1. The van der Waals surface area contributed by atoms with Crippen molar-refractivity contribution < 1.29 is 9.53 Å². The van der Waals surface area contributed by atoms with Gasteiger partial charge in [-0.25, -0.2) is 0 Å². The monoisotopic (exact) mass is 427 g/mol. The van der Waals surface area contributed by atoms with Gasteiger partial charge >= 0.3 is 0 Å². The largest absolute Gasteiger partial charge is 0.488 e. The maximum Gasteiger partial charge on any atom is 0.251 e. The Morgan fingerprint density at radius 1 is 1.26 bits per heavy atom. The van der Waals surface area contributed by atoms with Crippen LogP contribution in [0.15, 0.2) is 59.2 Å². The summed E-state index contributed by atoms with van der Waals surface area (Å²) in [5.74, 6) is 0.654. The van der Waals surface area contributed by atoms with Crippen LogP contribution in [0.4, 0.5) is 0 Å². The molecule has 1 amide bonds. The molecule has 27 heavy (non-hydrogen) atoms. The van der Waals surface area contributed by atoms with Crippen molar-refractivity contribution in [3.8, 4) is 5.75 Å². The Bertz CT molecular complexity index is 952. The minimum atomic E-state index is -0.119. The van der Waals surface area contributed by atoms with Gasteiger partial charge in [-0.15, -0.1) is 0 Å². The van der Waals surface area contributed by atoms with Crippen LogP contribution in [0.3, 0.4) is 0 Å². The summed E-state index contributed by atoms with van der Waals surface area (Å²) < 4.78 is 8.54. The molecule has 0 aliphatic heterocycles. The number of hydrogen-bond donors (Lipinski definition) is 1. The predicted molar refractivity (Wildman–Crippen MR) is 109 cm³/mol. The molecule has 0 saturated carbocycles. The first-order valence-electron chi connectivity index (χ1n) is 8.71. The zero-order chi connectivity index (χ0) is 19.4. The molecule has 140 valence electrons. The predicted octanol–water partition coefficient (Wildman–Crippen LogP) is 4.56. The summed E-state index contributed by atoms with van der Waals surface area (Å²) in [4.78, 5) is 12.6. The van der Waals surface area contributed by atoms with Crippen LogP contribution in [0.2, 0.25) is 0 Å². The van der Waals surface area contributed by atoms with Gasteiger partial charge in [-0.05, 0) is 59.6 Å². The number of amides is 1. The number of ether oxygens (including phenoxy) is 1. The molecule has 0 spiro atoms. The molecular formula is C21H22BrN3O2. The standard InChI is InChI=1S/C21H22BrN3O2/c1-14(18-12-23-25(3)15(18)2)24-21(26)17-8-6-7-16(11-17)13-27-20-10-5-4-9-19(20)22/h4-12,14H,13H2,1-3H3,(H,24,26). The number of nitrogens with zero attached hydrogens (tertiary/aromatic N) is 2. The number of halogens is 1. The zero-order valence-corrected chi connectivity index (χ0v) is 17.2. The summed E-state index contributed by atoms with van der Waals surface area (Å²) in [5, 5.41) is 7.27. The van der Waals surface area contributed by atoms with Gasteiger partial charge in [0.1, 0.15) is 12.4 Å². The fraction of sp³-hybridized carbons (Fsp3) is 0.238. The normalized spacial score (nSPS) is 11.9. The Morgan fingerprint density at radius 2 is 2.04 bits per heavy atom. The topological polar surface area (TPSA) is 56.1 Å². The van der Waals surface area contributed by atoms with Gasteiger partial charge in [0, 0.05) is 23.9 Å². The van der Waals surface area contributed by atoms with E-state index in [4.69, 9.17) is 4.74 Å². The van der Waals surface area contributed by atoms with E-state index in [1.54, 1.807) is 16.9 Å². The van der Waals surface area contributed by atoms with Crippen molar-refractivity contribution in [2.45, 2.75) is 26.5 Å². The number of rotatable bonds is 6. The summed E-state index contributed by atoms with van der Waals surface area (Å²) in [7, 11) is 1.89. The fourth-order valence-electron chi connectivity index (χ4n) is 2.82. The molecule has 3 aromatic rings. The van der Waals surface area contributed by atoms with Crippen molar-refractivity contribution in [2.24, 2.45) is 7.05 Å². The molecule has 0 radical (unpaired) electrons. The highest BCUT2D eigenvalue weighted by molar-refractivity contribution is 9.10. The van der Waals surface area contributed by atoms with Crippen molar-refractivity contribution >= 4 is 21.8 Å². The maximum atomic E-state index is 12.6. The summed E-state index contributed by atoms with van der Waals surface area (Å²) in [6.07, 6.45) is 1.79. The number of nitrogens with one attached hydrogen (secondary N) is 1. The van der Waals surface area contributed by atoms with Crippen molar-refractivity contribution in [2.75, 3.05) is 0 Å². The highest BCUT2D eigenvalue weighted by Crippen LogP contribution is 2.25. The maximum absolute atomic E-state index is 12.6. The molecule has 1 N–H and O–H groups in total. The van der Waals surface area contributed by atoms with E-state index in [2.05, 4.69) is 26.3 Å². The number of carbonyl (C=O) groups is 1. The van der Waals surface area contributed by atoms with E-state index in [-0.39, 0.29) is 11.9 Å². The number of aryl methyl sites for hydroxylation is 1. The molecule has 5 nitrogen and oxygen atoms in total. The van der Waals surface area contributed by atoms with Crippen molar-refractivity contribution in [3.05, 3.63) is 81.6 Å². The lowest BCUT2D eigenvalue weighted by atomic mass is 10.1. The number of aromatic nitrogens is 2. The molecule has 2 aromatic carbocycles. The van der Waals surface area contributed by atoms with E-state index in [1.807, 2.05) is 63.4 Å². The SMILES string of the molecule is Cc1c(C(C)NC(=O)c2cccc(COc3ccccc3Br)c2)cnn1C. The van der Waals surface area contributed by atoms with Crippen LogP contribution in [-0.4, -0.2) is 15.7 Å². The highest BCUT2D eigenvalue weighted by atomic mass is 79.9. The number of hydrogen-bond acceptors (Lipinski definition) is 3. The molecule has 6 heteroatoms. The quantitative estimate of drug-likeness (QED) is 0.626. The van der Waals surface area contributed by atoms with Gasteiger partial charge < -0.3 is 10.1 Å². The highest BCUT2D eigenvalue weighted by Gasteiger charge is 2.16. The molecule has 0 saturated heterocycles. The van der Waals surface area contributed by atoms with E-state index in [1.165, 1.54) is 0 Å². The lowest BCUT2D eigenvalue weighted by Crippen LogP contribution is -2.27. The Hall–Kier alpha value is -2.60. The van der Waals surface area contributed by atoms with Gasteiger partial charge in [-0.3, -0.25) is 9.48 Å². The second-order valence-electron chi connectivity index (χ2n) is 6.42. The van der Waals surface area contributed by atoms with E-state index < -0.39 is 0 Å². The molecule has 1 atom stereocenters. The van der Waals surface area contributed by atoms with Gasteiger partial charge in [-0.2, -0.15) is 5.10 Å². The molecule has 1 aromatic heterocycles. The minimum absolute atomic E-state index is 0.117. The third-order valence-corrected chi connectivity index (χ3v) is 5.16.